The van der Waals surface area contributed by atoms with Crippen molar-refractivity contribution in [2.24, 2.45) is 0 Å². The summed E-state index contributed by atoms with van der Waals surface area (Å²) in [5.41, 5.74) is 0. The van der Waals surface area contributed by atoms with Crippen LogP contribution in [0.15, 0.2) is 0 Å². The highest BCUT2D eigenvalue weighted by Gasteiger charge is 1.88. The lowest BCUT2D eigenvalue weighted by Gasteiger charge is -1.97. The Morgan fingerprint density at radius 1 is 1.10 bits per heavy atom. The maximum absolute atomic E-state index is 8.45. The van der Waals surface area contributed by atoms with E-state index in [9.17, 15) is 0 Å². The molecule has 0 bridgehead atoms. The van der Waals surface area contributed by atoms with E-state index >= 15 is 0 Å². The lowest BCUT2D eigenvalue weighted by atomic mass is 10.1. The molecule has 10 heavy (non-hydrogen) atoms. The van der Waals surface area contributed by atoms with Gasteiger partial charge in [-0.05, 0) is 19.3 Å². The standard InChI is InChI=1S/C9H19O/c1-2-3-4-5-6-7-8-9-10/h6,10H,2-5,7-9H2,1H3. The molecule has 0 aliphatic rings. The van der Waals surface area contributed by atoms with Crippen LogP contribution in [0.4, 0.5) is 0 Å². The molecule has 0 aromatic rings. The van der Waals surface area contributed by atoms with Gasteiger partial charge in [-0.25, -0.2) is 0 Å². The molecule has 0 aromatic carbocycles. The molecule has 1 radical (unpaired) electrons. The molecule has 1 nitrogen and oxygen atoms in total. The van der Waals surface area contributed by atoms with Crippen LogP contribution in [0.2, 0.25) is 0 Å². The Morgan fingerprint density at radius 2 is 1.80 bits per heavy atom. The maximum Gasteiger partial charge on any atom is 0.0431 e. The highest BCUT2D eigenvalue weighted by molar-refractivity contribution is 4.63. The largest absolute Gasteiger partial charge is 0.396 e. The minimum atomic E-state index is 0.338. The van der Waals surface area contributed by atoms with Crippen LogP contribution < -0.4 is 0 Å². The van der Waals surface area contributed by atoms with Crippen molar-refractivity contribution in [3.05, 3.63) is 6.42 Å². The van der Waals surface area contributed by atoms with Crippen LogP contribution in [-0.2, 0) is 0 Å². The van der Waals surface area contributed by atoms with Crippen molar-refractivity contribution in [3.63, 3.8) is 0 Å². The molecule has 0 aliphatic carbocycles. The highest BCUT2D eigenvalue weighted by Crippen LogP contribution is 2.04. The summed E-state index contributed by atoms with van der Waals surface area (Å²) in [5.74, 6) is 0. The van der Waals surface area contributed by atoms with Crippen molar-refractivity contribution < 1.29 is 5.11 Å². The minimum absolute atomic E-state index is 0.338. The van der Waals surface area contributed by atoms with Gasteiger partial charge in [0.15, 0.2) is 0 Å². The first-order valence-electron chi connectivity index (χ1n) is 4.34. The molecular formula is C9H19O. The number of unbranched alkanes of at least 4 members (excludes halogenated alkanes) is 6. The zero-order valence-electron chi connectivity index (χ0n) is 6.97. The first-order chi connectivity index (χ1) is 4.91. The highest BCUT2D eigenvalue weighted by atomic mass is 16.2. The lowest BCUT2D eigenvalue weighted by Crippen LogP contribution is -1.84. The Labute approximate surface area is 64.5 Å². The first kappa shape index (κ1) is 9.96. The summed E-state index contributed by atoms with van der Waals surface area (Å²) in [6, 6.07) is 0. The van der Waals surface area contributed by atoms with Crippen molar-refractivity contribution in [2.75, 3.05) is 6.61 Å². The van der Waals surface area contributed by atoms with Crippen LogP contribution >= 0.6 is 0 Å². The lowest BCUT2D eigenvalue weighted by molar-refractivity contribution is 0.287. The fourth-order valence-electron chi connectivity index (χ4n) is 0.919. The SMILES string of the molecule is CCCCC[CH]CCCO. The summed E-state index contributed by atoms with van der Waals surface area (Å²) >= 11 is 0. The van der Waals surface area contributed by atoms with E-state index in [4.69, 9.17) is 5.11 Å². The van der Waals surface area contributed by atoms with E-state index < -0.39 is 0 Å². The zero-order chi connectivity index (χ0) is 7.66. The average molecular weight is 143 g/mol. The van der Waals surface area contributed by atoms with Crippen LogP contribution in [-0.4, -0.2) is 11.7 Å². The van der Waals surface area contributed by atoms with E-state index in [0.29, 0.717) is 6.61 Å². The monoisotopic (exact) mass is 143 g/mol. The van der Waals surface area contributed by atoms with Gasteiger partial charge in [0.1, 0.15) is 0 Å². The molecule has 0 rings (SSSR count). The van der Waals surface area contributed by atoms with Gasteiger partial charge in [-0.2, -0.15) is 0 Å². The van der Waals surface area contributed by atoms with Gasteiger partial charge in [0.25, 0.3) is 0 Å². The van der Waals surface area contributed by atoms with Gasteiger partial charge in [-0.3, -0.25) is 0 Å². The normalized spacial score (nSPS) is 10.2. The number of hydrogen-bond acceptors (Lipinski definition) is 1. The maximum atomic E-state index is 8.45. The molecule has 0 amide bonds. The number of rotatable bonds is 7. The molecule has 0 fully saturated rings. The summed E-state index contributed by atoms with van der Waals surface area (Å²) in [6.45, 7) is 2.55. The van der Waals surface area contributed by atoms with Crippen LogP contribution in [0.25, 0.3) is 0 Å². The van der Waals surface area contributed by atoms with Gasteiger partial charge < -0.3 is 5.11 Å². The third-order valence-electron chi connectivity index (χ3n) is 1.58. The van der Waals surface area contributed by atoms with E-state index in [1.54, 1.807) is 0 Å². The molecule has 0 unspecified atom stereocenters. The minimum Gasteiger partial charge on any atom is -0.396 e. The predicted molar refractivity (Wildman–Crippen MR) is 44.8 cm³/mol. The summed E-state index contributed by atoms with van der Waals surface area (Å²) in [5, 5.41) is 8.45. The fourth-order valence-corrected chi connectivity index (χ4v) is 0.919. The molecule has 0 atom stereocenters. The van der Waals surface area contributed by atoms with Gasteiger partial charge in [0.05, 0.1) is 0 Å². The second kappa shape index (κ2) is 8.96. The smallest absolute Gasteiger partial charge is 0.0431 e. The Kier molecular flexibility index (Phi) is 8.92. The van der Waals surface area contributed by atoms with Crippen molar-refractivity contribution in [1.82, 2.24) is 0 Å². The van der Waals surface area contributed by atoms with E-state index in [1.165, 1.54) is 25.7 Å². The van der Waals surface area contributed by atoms with Gasteiger partial charge in [0, 0.05) is 6.61 Å². The molecule has 0 heterocycles. The third kappa shape index (κ3) is 7.96. The van der Waals surface area contributed by atoms with Gasteiger partial charge in [-0.15, -0.1) is 0 Å². The Bertz CT molecular complexity index is 44.7. The van der Waals surface area contributed by atoms with E-state index in [1.807, 2.05) is 0 Å². The number of aliphatic hydroxyl groups excluding tert-OH is 1. The van der Waals surface area contributed by atoms with Crippen LogP contribution in [0.5, 0.6) is 0 Å². The molecule has 0 saturated carbocycles. The second-order valence-electron chi connectivity index (χ2n) is 2.65. The predicted octanol–water partition coefficient (Wildman–Crippen LogP) is 2.54. The molecule has 61 valence electrons. The molecule has 0 aromatic heterocycles. The molecule has 0 saturated heterocycles. The Hall–Kier alpha value is -0.0400. The van der Waals surface area contributed by atoms with Gasteiger partial charge in [0.2, 0.25) is 0 Å². The molecule has 1 heteroatoms. The van der Waals surface area contributed by atoms with Crippen LogP contribution in [0.3, 0.4) is 0 Å². The van der Waals surface area contributed by atoms with Gasteiger partial charge >= 0.3 is 0 Å². The molecule has 1 N–H and O–H groups in total. The topological polar surface area (TPSA) is 20.2 Å². The Morgan fingerprint density at radius 3 is 2.40 bits per heavy atom. The van der Waals surface area contributed by atoms with Crippen LogP contribution in [0.1, 0.15) is 45.4 Å². The molecule has 0 spiro atoms. The number of hydrogen-bond donors (Lipinski definition) is 1. The summed E-state index contributed by atoms with van der Waals surface area (Å²) in [6.07, 6.45) is 9.50. The first-order valence-corrected chi connectivity index (χ1v) is 4.34. The zero-order valence-corrected chi connectivity index (χ0v) is 6.97. The third-order valence-corrected chi connectivity index (χ3v) is 1.58. The van der Waals surface area contributed by atoms with Crippen molar-refractivity contribution in [2.45, 2.75) is 45.4 Å². The summed E-state index contributed by atoms with van der Waals surface area (Å²) in [7, 11) is 0. The quantitative estimate of drug-likeness (QED) is 0.543. The molecular weight excluding hydrogens is 124 g/mol. The fraction of sp³-hybridized carbons (Fsp3) is 0.889. The van der Waals surface area contributed by atoms with E-state index in [-0.39, 0.29) is 0 Å². The second-order valence-corrected chi connectivity index (χ2v) is 2.65. The van der Waals surface area contributed by atoms with Gasteiger partial charge in [-0.1, -0.05) is 32.6 Å². The number of aliphatic hydroxyl groups is 1. The van der Waals surface area contributed by atoms with Crippen molar-refractivity contribution in [3.8, 4) is 0 Å². The average Bonchev–Trinajstić information content (AvgIpc) is 1.97. The van der Waals surface area contributed by atoms with Crippen molar-refractivity contribution in [1.29, 1.82) is 0 Å². The summed E-state index contributed by atoms with van der Waals surface area (Å²) < 4.78 is 0. The van der Waals surface area contributed by atoms with Crippen LogP contribution in [0, 0.1) is 6.42 Å². The van der Waals surface area contributed by atoms with E-state index in [0.717, 1.165) is 12.8 Å². The summed E-state index contributed by atoms with van der Waals surface area (Å²) in [4.78, 5) is 0. The van der Waals surface area contributed by atoms with E-state index in [2.05, 4.69) is 13.3 Å². The Balaban J connectivity index is 2.65. The van der Waals surface area contributed by atoms with Crippen molar-refractivity contribution >= 4 is 0 Å². The molecule has 0 aliphatic heterocycles.